The molecule has 9 heteroatoms. The quantitative estimate of drug-likeness (QED) is 0.221. The lowest BCUT2D eigenvalue weighted by atomic mass is 10.2. The highest BCUT2D eigenvalue weighted by atomic mass is 127. The molecule has 0 unspecified atom stereocenters. The van der Waals surface area contributed by atoms with Crippen molar-refractivity contribution < 1.29 is 4.74 Å². The number of hydrogen-bond acceptors (Lipinski definition) is 5. The SMILES string of the molecule is CSc1nnc(CCCN=C(N)N2CCOCC2)n1C1CCCC1.I. The Kier molecular flexibility index (Phi) is 8.77. The van der Waals surface area contributed by atoms with Gasteiger partial charge in [-0.25, -0.2) is 0 Å². The van der Waals surface area contributed by atoms with E-state index in [1.165, 1.54) is 25.7 Å². The number of aryl methyl sites for hydroxylation is 1. The molecule has 1 aromatic heterocycles. The molecule has 25 heavy (non-hydrogen) atoms. The summed E-state index contributed by atoms with van der Waals surface area (Å²) in [6.45, 7) is 3.87. The van der Waals surface area contributed by atoms with Crippen molar-refractivity contribution in [3.63, 3.8) is 0 Å². The molecule has 2 N–H and O–H groups in total. The summed E-state index contributed by atoms with van der Waals surface area (Å²) in [5.41, 5.74) is 6.07. The van der Waals surface area contributed by atoms with Gasteiger partial charge in [0.25, 0.3) is 0 Å². The molecule has 1 aliphatic carbocycles. The van der Waals surface area contributed by atoms with Crippen LogP contribution in [0.25, 0.3) is 0 Å². The molecule has 1 aliphatic heterocycles. The van der Waals surface area contributed by atoms with Gasteiger partial charge in [0.15, 0.2) is 11.1 Å². The number of hydrogen-bond donors (Lipinski definition) is 1. The fraction of sp³-hybridized carbons (Fsp3) is 0.812. The van der Waals surface area contributed by atoms with Crippen LogP contribution in [0, 0.1) is 0 Å². The molecule has 0 atom stereocenters. The second-order valence-electron chi connectivity index (χ2n) is 6.35. The van der Waals surface area contributed by atoms with E-state index in [1.807, 2.05) is 0 Å². The van der Waals surface area contributed by atoms with Crippen molar-refractivity contribution in [1.29, 1.82) is 0 Å². The third kappa shape index (κ3) is 5.46. The Morgan fingerprint density at radius 3 is 2.68 bits per heavy atom. The van der Waals surface area contributed by atoms with Gasteiger partial charge in [0.1, 0.15) is 5.82 Å². The van der Waals surface area contributed by atoms with Gasteiger partial charge in [-0.1, -0.05) is 24.6 Å². The number of nitrogens with zero attached hydrogens (tertiary/aromatic N) is 5. The number of guanidine groups is 1. The molecule has 142 valence electrons. The van der Waals surface area contributed by atoms with Crippen LogP contribution in [0.4, 0.5) is 0 Å². The van der Waals surface area contributed by atoms with Gasteiger partial charge in [0.2, 0.25) is 0 Å². The van der Waals surface area contributed by atoms with Crippen molar-refractivity contribution in [2.45, 2.75) is 49.7 Å². The molecule has 1 saturated carbocycles. The molecule has 3 rings (SSSR count). The van der Waals surface area contributed by atoms with E-state index < -0.39 is 0 Å². The highest BCUT2D eigenvalue weighted by Crippen LogP contribution is 2.33. The Labute approximate surface area is 171 Å². The largest absolute Gasteiger partial charge is 0.378 e. The molecule has 1 aromatic rings. The average molecular weight is 480 g/mol. The van der Waals surface area contributed by atoms with Gasteiger partial charge in [-0.05, 0) is 25.5 Å². The fourth-order valence-electron chi connectivity index (χ4n) is 3.47. The smallest absolute Gasteiger partial charge is 0.191 e. The molecular weight excluding hydrogens is 451 g/mol. The third-order valence-electron chi connectivity index (χ3n) is 4.77. The van der Waals surface area contributed by atoms with E-state index in [2.05, 4.69) is 30.9 Å². The van der Waals surface area contributed by atoms with Gasteiger partial charge in [-0.15, -0.1) is 34.2 Å². The molecule has 0 spiro atoms. The van der Waals surface area contributed by atoms with Crippen LogP contribution in [0.1, 0.15) is 44.0 Å². The predicted octanol–water partition coefficient (Wildman–Crippen LogP) is 2.31. The van der Waals surface area contributed by atoms with Crippen molar-refractivity contribution in [1.82, 2.24) is 19.7 Å². The van der Waals surface area contributed by atoms with Gasteiger partial charge < -0.3 is 19.9 Å². The third-order valence-corrected chi connectivity index (χ3v) is 5.42. The zero-order valence-corrected chi connectivity index (χ0v) is 18.0. The summed E-state index contributed by atoms with van der Waals surface area (Å²) in [4.78, 5) is 6.61. The second-order valence-corrected chi connectivity index (χ2v) is 7.13. The van der Waals surface area contributed by atoms with E-state index in [9.17, 15) is 0 Å². The lowest BCUT2D eigenvalue weighted by Crippen LogP contribution is -2.44. The van der Waals surface area contributed by atoms with Crippen LogP contribution in [0.2, 0.25) is 0 Å². The number of rotatable bonds is 6. The van der Waals surface area contributed by atoms with Crippen LogP contribution in [-0.2, 0) is 11.2 Å². The molecule has 2 heterocycles. The van der Waals surface area contributed by atoms with Gasteiger partial charge in [-0.3, -0.25) is 4.99 Å². The molecule has 0 amide bonds. The number of thioether (sulfide) groups is 1. The lowest BCUT2D eigenvalue weighted by molar-refractivity contribution is 0.0674. The van der Waals surface area contributed by atoms with Crippen molar-refractivity contribution >= 4 is 41.7 Å². The first-order chi connectivity index (χ1) is 11.8. The minimum Gasteiger partial charge on any atom is -0.378 e. The summed E-state index contributed by atoms with van der Waals surface area (Å²) in [5, 5.41) is 9.83. The number of halogens is 1. The zero-order chi connectivity index (χ0) is 16.8. The number of ether oxygens (including phenoxy) is 1. The second kappa shape index (κ2) is 10.6. The van der Waals surface area contributed by atoms with E-state index in [-0.39, 0.29) is 24.0 Å². The van der Waals surface area contributed by atoms with E-state index in [0.29, 0.717) is 12.0 Å². The molecule has 7 nitrogen and oxygen atoms in total. The normalized spacial score (nSPS) is 19.2. The van der Waals surface area contributed by atoms with Gasteiger partial charge >= 0.3 is 0 Å². The van der Waals surface area contributed by atoms with Crippen LogP contribution in [0.5, 0.6) is 0 Å². The first-order valence-corrected chi connectivity index (χ1v) is 10.1. The number of morpholine rings is 1. The average Bonchev–Trinajstić information content (AvgIpc) is 3.28. The van der Waals surface area contributed by atoms with E-state index in [1.54, 1.807) is 11.8 Å². The molecule has 0 bridgehead atoms. The Bertz CT molecular complexity index is 555. The Balaban J connectivity index is 0.00000225. The maximum absolute atomic E-state index is 6.07. The van der Waals surface area contributed by atoms with Gasteiger partial charge in [0, 0.05) is 32.1 Å². The highest BCUT2D eigenvalue weighted by molar-refractivity contribution is 14.0. The summed E-state index contributed by atoms with van der Waals surface area (Å²) >= 11 is 1.69. The van der Waals surface area contributed by atoms with Crippen LogP contribution in [-0.4, -0.2) is 64.7 Å². The molecular formula is C16H29IN6OS. The van der Waals surface area contributed by atoms with E-state index in [4.69, 9.17) is 10.5 Å². The maximum Gasteiger partial charge on any atom is 0.191 e. The van der Waals surface area contributed by atoms with Crippen molar-refractivity contribution in [3.8, 4) is 0 Å². The monoisotopic (exact) mass is 480 g/mol. The Morgan fingerprint density at radius 2 is 2.00 bits per heavy atom. The summed E-state index contributed by atoms with van der Waals surface area (Å²) in [5.74, 6) is 1.74. The van der Waals surface area contributed by atoms with Gasteiger partial charge in [-0.2, -0.15) is 0 Å². The van der Waals surface area contributed by atoms with Crippen molar-refractivity contribution in [2.75, 3.05) is 39.1 Å². The van der Waals surface area contributed by atoms with Gasteiger partial charge in [0.05, 0.1) is 13.2 Å². The summed E-state index contributed by atoms with van der Waals surface area (Å²) in [6.07, 6.45) is 9.06. The van der Waals surface area contributed by atoms with Crippen LogP contribution < -0.4 is 5.73 Å². The van der Waals surface area contributed by atoms with Crippen LogP contribution in [0.15, 0.2) is 10.1 Å². The fourth-order valence-corrected chi connectivity index (χ4v) is 4.04. The van der Waals surface area contributed by atoms with E-state index >= 15 is 0 Å². The number of aliphatic imine (C=N–C) groups is 1. The summed E-state index contributed by atoms with van der Waals surface area (Å²) in [6, 6.07) is 0.583. The number of nitrogens with two attached hydrogens (primary N) is 1. The predicted molar refractivity (Wildman–Crippen MR) is 112 cm³/mol. The lowest BCUT2D eigenvalue weighted by Gasteiger charge is -2.27. The molecule has 1 saturated heterocycles. The van der Waals surface area contributed by atoms with Crippen LogP contribution in [0.3, 0.4) is 0 Å². The summed E-state index contributed by atoms with van der Waals surface area (Å²) < 4.78 is 7.70. The summed E-state index contributed by atoms with van der Waals surface area (Å²) in [7, 11) is 0. The molecule has 0 aromatic carbocycles. The first-order valence-electron chi connectivity index (χ1n) is 8.90. The van der Waals surface area contributed by atoms with E-state index in [0.717, 1.165) is 56.7 Å². The van der Waals surface area contributed by atoms with Crippen molar-refractivity contribution in [2.24, 2.45) is 10.7 Å². The maximum atomic E-state index is 6.07. The zero-order valence-electron chi connectivity index (χ0n) is 14.9. The number of aromatic nitrogens is 3. The molecule has 2 aliphatic rings. The highest BCUT2D eigenvalue weighted by Gasteiger charge is 2.23. The molecule has 0 radical (unpaired) electrons. The Hall–Kier alpha value is -0.550. The minimum atomic E-state index is 0. The molecule has 2 fully saturated rings. The van der Waals surface area contributed by atoms with Crippen LogP contribution >= 0.6 is 35.7 Å². The standard InChI is InChI=1S/C16H28N6OS.HI/c1-24-16-20-19-14(22(16)13-5-2-3-6-13)7-4-8-18-15(17)21-9-11-23-12-10-21;/h13H,2-12H2,1H3,(H2,17,18);1H. The first kappa shape index (κ1) is 20.8. The minimum absolute atomic E-state index is 0. The topological polar surface area (TPSA) is 81.6 Å². The Morgan fingerprint density at radius 1 is 1.28 bits per heavy atom. The van der Waals surface area contributed by atoms with Crippen molar-refractivity contribution in [3.05, 3.63) is 5.82 Å².